The van der Waals surface area contributed by atoms with Crippen molar-refractivity contribution in [2.75, 3.05) is 32.5 Å². The van der Waals surface area contributed by atoms with E-state index in [2.05, 4.69) is 9.97 Å². The number of anilines is 1. The lowest BCUT2D eigenvalue weighted by atomic mass is 9.97. The van der Waals surface area contributed by atoms with E-state index in [1.54, 1.807) is 13.2 Å². The second kappa shape index (κ2) is 8.91. The largest absolute Gasteiger partial charge is 0.497 e. The Balaban J connectivity index is 1.52. The van der Waals surface area contributed by atoms with E-state index >= 15 is 0 Å². The van der Waals surface area contributed by atoms with Crippen LogP contribution in [0, 0.1) is 5.92 Å². The average Bonchev–Trinajstić information content (AvgIpc) is 2.72. The lowest BCUT2D eigenvalue weighted by Crippen LogP contribution is -2.40. The van der Waals surface area contributed by atoms with Gasteiger partial charge in [-0.25, -0.2) is 9.97 Å². The Morgan fingerprint density at radius 3 is 2.43 bits per heavy atom. The summed E-state index contributed by atoms with van der Waals surface area (Å²) in [6.07, 6.45) is 1.80. The van der Waals surface area contributed by atoms with Gasteiger partial charge in [0.05, 0.1) is 13.7 Å². The van der Waals surface area contributed by atoms with Crippen LogP contribution in [0.5, 0.6) is 11.5 Å². The molecule has 0 aliphatic carbocycles. The summed E-state index contributed by atoms with van der Waals surface area (Å²) in [7, 11) is 1.64. The molecule has 2 heterocycles. The molecule has 0 radical (unpaired) electrons. The van der Waals surface area contributed by atoms with Gasteiger partial charge in [-0.1, -0.05) is 13.8 Å². The van der Waals surface area contributed by atoms with Gasteiger partial charge in [0.15, 0.2) is 0 Å². The minimum absolute atomic E-state index is 0.0782. The third-order valence-electron chi connectivity index (χ3n) is 5.02. The fraction of sp³-hybridized carbons (Fsp3) is 0.476. The maximum atomic E-state index is 12.8. The molecule has 1 fully saturated rings. The summed E-state index contributed by atoms with van der Waals surface area (Å²) in [5.41, 5.74) is 6.95. The Morgan fingerprint density at radius 2 is 1.82 bits per heavy atom. The lowest BCUT2D eigenvalue weighted by Gasteiger charge is -2.31. The quantitative estimate of drug-likeness (QED) is 0.823. The molecule has 2 N–H and O–H groups in total. The molecular weight excluding hydrogens is 356 g/mol. The fourth-order valence-electron chi connectivity index (χ4n) is 3.24. The number of aromatic nitrogens is 2. The van der Waals surface area contributed by atoms with E-state index in [9.17, 15) is 4.79 Å². The van der Waals surface area contributed by atoms with Crippen molar-refractivity contribution >= 4 is 11.9 Å². The fourth-order valence-corrected chi connectivity index (χ4v) is 3.24. The van der Waals surface area contributed by atoms with Crippen LogP contribution in [0.2, 0.25) is 0 Å². The van der Waals surface area contributed by atoms with Crippen LogP contribution in [0.4, 0.5) is 5.95 Å². The standard InChI is InChI=1S/C21H28N4O3/c1-14(2)18-12-19(24-21(22)23-18)20(26)25-10-8-15(9-11-25)13-28-17-6-4-16(27-3)5-7-17/h4-7,12,14-15H,8-11,13H2,1-3H3,(H2,22,23,24). The number of amides is 1. The summed E-state index contributed by atoms with van der Waals surface area (Å²) in [5, 5.41) is 0. The predicted octanol–water partition coefficient (Wildman–Crippen LogP) is 3.12. The number of rotatable bonds is 6. The van der Waals surface area contributed by atoms with E-state index in [0.717, 1.165) is 30.0 Å². The highest BCUT2D eigenvalue weighted by atomic mass is 16.5. The van der Waals surface area contributed by atoms with Gasteiger partial charge in [-0.3, -0.25) is 4.79 Å². The number of ether oxygens (including phenoxy) is 2. The molecule has 1 amide bonds. The summed E-state index contributed by atoms with van der Waals surface area (Å²) < 4.78 is 11.0. The molecule has 1 saturated heterocycles. The van der Waals surface area contributed by atoms with E-state index in [1.165, 1.54) is 0 Å². The van der Waals surface area contributed by atoms with Gasteiger partial charge >= 0.3 is 0 Å². The Bertz CT molecular complexity index is 800. The highest BCUT2D eigenvalue weighted by molar-refractivity contribution is 5.92. The maximum Gasteiger partial charge on any atom is 0.272 e. The van der Waals surface area contributed by atoms with Crippen LogP contribution in [0.15, 0.2) is 30.3 Å². The molecule has 1 aromatic heterocycles. The van der Waals surface area contributed by atoms with Crippen LogP contribution < -0.4 is 15.2 Å². The Kier molecular flexibility index (Phi) is 6.34. The van der Waals surface area contributed by atoms with Crippen LogP contribution >= 0.6 is 0 Å². The number of carbonyl (C=O) groups excluding carboxylic acids is 1. The zero-order valence-electron chi connectivity index (χ0n) is 16.7. The number of piperidine rings is 1. The number of nitrogen functional groups attached to an aromatic ring is 1. The highest BCUT2D eigenvalue weighted by Crippen LogP contribution is 2.23. The molecule has 0 atom stereocenters. The molecule has 1 aliphatic heterocycles. The normalized spacial score (nSPS) is 14.9. The maximum absolute atomic E-state index is 12.8. The monoisotopic (exact) mass is 384 g/mol. The van der Waals surface area contributed by atoms with Crippen molar-refractivity contribution in [3.05, 3.63) is 41.7 Å². The predicted molar refractivity (Wildman–Crippen MR) is 108 cm³/mol. The van der Waals surface area contributed by atoms with Crippen LogP contribution in [0.1, 0.15) is 48.8 Å². The number of nitrogens with two attached hydrogens (primary N) is 1. The molecule has 1 aromatic carbocycles. The van der Waals surface area contributed by atoms with E-state index in [4.69, 9.17) is 15.2 Å². The molecule has 150 valence electrons. The topological polar surface area (TPSA) is 90.6 Å². The number of likely N-dealkylation sites (tertiary alicyclic amines) is 1. The van der Waals surface area contributed by atoms with Crippen molar-refractivity contribution in [2.45, 2.75) is 32.6 Å². The van der Waals surface area contributed by atoms with Gasteiger partial charge in [0.2, 0.25) is 5.95 Å². The molecule has 3 rings (SSSR count). The van der Waals surface area contributed by atoms with Crippen molar-refractivity contribution in [3.8, 4) is 11.5 Å². The highest BCUT2D eigenvalue weighted by Gasteiger charge is 2.25. The molecule has 0 spiro atoms. The third-order valence-corrected chi connectivity index (χ3v) is 5.02. The zero-order valence-corrected chi connectivity index (χ0v) is 16.7. The number of carbonyl (C=O) groups is 1. The van der Waals surface area contributed by atoms with Crippen molar-refractivity contribution < 1.29 is 14.3 Å². The number of methoxy groups -OCH3 is 1. The van der Waals surface area contributed by atoms with Gasteiger partial charge in [-0.2, -0.15) is 0 Å². The molecule has 0 unspecified atom stereocenters. The van der Waals surface area contributed by atoms with Crippen LogP contribution in [0.3, 0.4) is 0 Å². The number of nitrogens with zero attached hydrogens (tertiary/aromatic N) is 3. The zero-order chi connectivity index (χ0) is 20.1. The first kappa shape index (κ1) is 19.9. The van der Waals surface area contributed by atoms with Crippen molar-refractivity contribution in [1.29, 1.82) is 0 Å². The smallest absolute Gasteiger partial charge is 0.272 e. The molecule has 0 bridgehead atoms. The summed E-state index contributed by atoms with van der Waals surface area (Å²) in [4.78, 5) is 23.0. The van der Waals surface area contributed by atoms with E-state index in [-0.39, 0.29) is 17.8 Å². The van der Waals surface area contributed by atoms with E-state index < -0.39 is 0 Å². The SMILES string of the molecule is COc1ccc(OCC2CCN(C(=O)c3cc(C(C)C)nc(N)n3)CC2)cc1. The molecule has 28 heavy (non-hydrogen) atoms. The second-order valence-electron chi connectivity index (χ2n) is 7.41. The van der Waals surface area contributed by atoms with E-state index in [1.807, 2.05) is 43.0 Å². The van der Waals surface area contributed by atoms with Crippen molar-refractivity contribution in [2.24, 2.45) is 5.92 Å². The number of benzene rings is 1. The van der Waals surface area contributed by atoms with Crippen LogP contribution in [-0.2, 0) is 0 Å². The van der Waals surface area contributed by atoms with Crippen molar-refractivity contribution in [1.82, 2.24) is 14.9 Å². The Morgan fingerprint density at radius 1 is 1.18 bits per heavy atom. The Labute approximate surface area is 165 Å². The summed E-state index contributed by atoms with van der Waals surface area (Å²) in [6, 6.07) is 9.33. The lowest BCUT2D eigenvalue weighted by molar-refractivity contribution is 0.0655. The van der Waals surface area contributed by atoms with Gasteiger partial charge in [-0.05, 0) is 55.0 Å². The van der Waals surface area contributed by atoms with Gasteiger partial charge in [-0.15, -0.1) is 0 Å². The third kappa shape index (κ3) is 4.91. The molecule has 2 aromatic rings. The first-order valence-corrected chi connectivity index (χ1v) is 9.67. The van der Waals surface area contributed by atoms with Crippen molar-refractivity contribution in [3.63, 3.8) is 0 Å². The first-order chi connectivity index (χ1) is 13.5. The molecular formula is C21H28N4O3. The minimum atomic E-state index is -0.0782. The molecule has 7 heteroatoms. The average molecular weight is 384 g/mol. The molecule has 7 nitrogen and oxygen atoms in total. The van der Waals surface area contributed by atoms with Gasteiger partial charge in [0, 0.05) is 18.8 Å². The second-order valence-corrected chi connectivity index (χ2v) is 7.41. The first-order valence-electron chi connectivity index (χ1n) is 9.67. The van der Waals surface area contributed by atoms with Gasteiger partial charge in [0.1, 0.15) is 17.2 Å². The van der Waals surface area contributed by atoms with Crippen LogP contribution in [0.25, 0.3) is 0 Å². The summed E-state index contributed by atoms with van der Waals surface area (Å²) >= 11 is 0. The number of hydrogen-bond acceptors (Lipinski definition) is 6. The van der Waals surface area contributed by atoms with Gasteiger partial charge < -0.3 is 20.1 Å². The Hall–Kier alpha value is -2.83. The van der Waals surface area contributed by atoms with Crippen LogP contribution in [-0.4, -0.2) is 47.6 Å². The minimum Gasteiger partial charge on any atom is -0.497 e. The summed E-state index contributed by atoms with van der Waals surface area (Å²) in [6.45, 7) is 6.06. The molecule has 0 saturated carbocycles. The van der Waals surface area contributed by atoms with E-state index in [0.29, 0.717) is 31.3 Å². The summed E-state index contributed by atoms with van der Waals surface area (Å²) in [5.74, 6) is 2.33. The molecule has 1 aliphatic rings. The number of hydrogen-bond donors (Lipinski definition) is 1. The van der Waals surface area contributed by atoms with Gasteiger partial charge in [0.25, 0.3) is 5.91 Å².